The molecule has 1 saturated heterocycles. The summed E-state index contributed by atoms with van der Waals surface area (Å²) in [5.41, 5.74) is 2.34. The van der Waals surface area contributed by atoms with E-state index in [2.05, 4.69) is 11.0 Å². The number of carbonyl (C=O) groups excluding carboxylic acids is 4. The molecule has 39 heavy (non-hydrogen) atoms. The van der Waals surface area contributed by atoms with Crippen LogP contribution in [0.15, 0.2) is 0 Å². The summed E-state index contributed by atoms with van der Waals surface area (Å²) >= 11 is 0. The zero-order chi connectivity index (χ0) is 29.7. The van der Waals surface area contributed by atoms with E-state index in [1.807, 2.05) is 38.4 Å². The Labute approximate surface area is 229 Å². The van der Waals surface area contributed by atoms with E-state index >= 15 is 0 Å². The molecule has 0 aromatic carbocycles. The summed E-state index contributed by atoms with van der Waals surface area (Å²) in [6, 6.07) is 0.826. The summed E-state index contributed by atoms with van der Waals surface area (Å²) in [5, 5.41) is 11.5. The summed E-state index contributed by atoms with van der Waals surface area (Å²) in [6.07, 6.45) is -4.92. The van der Waals surface area contributed by atoms with E-state index in [9.17, 15) is 19.2 Å². The Morgan fingerprint density at radius 2 is 1.56 bits per heavy atom. The average Bonchev–Trinajstić information content (AvgIpc) is 2.80. The first-order valence-corrected chi connectivity index (χ1v) is 13.5. The van der Waals surface area contributed by atoms with Crippen molar-refractivity contribution >= 4 is 32.3 Å². The molecular formula is C23H39N4O11P. The zero-order valence-corrected chi connectivity index (χ0v) is 24.4. The van der Waals surface area contributed by atoms with Crippen molar-refractivity contribution in [3.8, 4) is 6.07 Å². The molecule has 1 rings (SSSR count). The molecule has 1 aliphatic rings. The number of nitrogens with zero attached hydrogens (tertiary/aromatic N) is 2. The van der Waals surface area contributed by atoms with E-state index in [-0.39, 0.29) is 31.7 Å². The summed E-state index contributed by atoms with van der Waals surface area (Å²) in [6.45, 7) is 12.2. The van der Waals surface area contributed by atoms with E-state index in [4.69, 9.17) is 38.2 Å². The molecular weight excluding hydrogens is 539 g/mol. The maximum atomic E-state index is 12.0. The lowest BCUT2D eigenvalue weighted by Crippen LogP contribution is -2.67. The lowest BCUT2D eigenvalue weighted by atomic mass is 9.96. The predicted octanol–water partition coefficient (Wildman–Crippen LogP) is 1.37. The van der Waals surface area contributed by atoms with Crippen molar-refractivity contribution in [2.24, 2.45) is 0 Å². The van der Waals surface area contributed by atoms with Crippen molar-refractivity contribution in [3.63, 3.8) is 0 Å². The summed E-state index contributed by atoms with van der Waals surface area (Å²) in [4.78, 5) is 52.9. The largest absolute Gasteiger partial charge is 0.463 e. The van der Waals surface area contributed by atoms with Gasteiger partial charge in [-0.15, -0.1) is 0 Å². The SMILES string of the molecule is CC(=O)NC1C(ONOP(OCCC#N)N(C(C)C)C(C)C)OC(COC(C)=O)C(OC(C)=O)C1OC(C)=O. The van der Waals surface area contributed by atoms with E-state index in [0.29, 0.717) is 0 Å². The van der Waals surface area contributed by atoms with Gasteiger partial charge in [-0.25, -0.2) is 14.1 Å². The van der Waals surface area contributed by atoms with E-state index in [1.165, 1.54) is 13.8 Å². The van der Waals surface area contributed by atoms with Gasteiger partial charge in [-0.1, -0.05) is 5.64 Å². The first-order valence-electron chi connectivity index (χ1n) is 12.3. The van der Waals surface area contributed by atoms with Gasteiger partial charge in [0.25, 0.3) is 8.53 Å². The zero-order valence-electron chi connectivity index (χ0n) is 23.5. The normalized spacial score (nSPS) is 23.7. The van der Waals surface area contributed by atoms with Crippen LogP contribution in [0.4, 0.5) is 0 Å². The van der Waals surface area contributed by atoms with Gasteiger partial charge in [-0.3, -0.25) is 19.2 Å². The van der Waals surface area contributed by atoms with Crippen LogP contribution in [0.1, 0.15) is 61.8 Å². The predicted molar refractivity (Wildman–Crippen MR) is 135 cm³/mol. The van der Waals surface area contributed by atoms with Crippen molar-refractivity contribution < 1.29 is 52.1 Å². The Bertz CT molecular complexity index is 862. The molecule has 1 fully saturated rings. The van der Waals surface area contributed by atoms with Crippen LogP contribution in [-0.2, 0) is 52.1 Å². The average molecular weight is 579 g/mol. The molecule has 1 amide bonds. The second-order valence-corrected chi connectivity index (χ2v) is 10.4. The fourth-order valence-electron chi connectivity index (χ4n) is 3.78. The Balaban J connectivity index is 3.25. The first-order chi connectivity index (χ1) is 18.3. The highest BCUT2D eigenvalue weighted by Gasteiger charge is 2.51. The molecule has 0 aliphatic carbocycles. The van der Waals surface area contributed by atoms with Crippen LogP contribution in [0.2, 0.25) is 0 Å². The van der Waals surface area contributed by atoms with Gasteiger partial charge in [-0.05, 0) is 27.7 Å². The molecule has 1 heterocycles. The van der Waals surface area contributed by atoms with Gasteiger partial charge in [0, 0.05) is 39.8 Å². The third kappa shape index (κ3) is 12.1. The van der Waals surface area contributed by atoms with Crippen LogP contribution < -0.4 is 11.0 Å². The monoisotopic (exact) mass is 578 g/mol. The number of ether oxygens (including phenoxy) is 4. The van der Waals surface area contributed by atoms with E-state index in [0.717, 1.165) is 13.8 Å². The quantitative estimate of drug-likeness (QED) is 0.0933. The summed E-state index contributed by atoms with van der Waals surface area (Å²) < 4.78 is 35.1. The highest BCUT2D eigenvalue weighted by Crippen LogP contribution is 2.45. The second kappa shape index (κ2) is 17.3. The molecule has 0 saturated carbocycles. The standard InChI is InChI=1S/C23H39N4O11P/c1-13(2)27(14(3)4)39(33-11-9-10-24)38-26-37-23-20(25-15(5)28)22(35-18(8)31)21(34-17(7)30)19(36-23)12-32-16(6)29/h13-14,19-23,26H,9,11-12H2,1-8H3,(H,25,28). The molecule has 0 spiro atoms. The highest BCUT2D eigenvalue weighted by molar-refractivity contribution is 7.44. The molecule has 6 unspecified atom stereocenters. The first kappa shape index (κ1) is 34.6. The number of rotatable bonds is 15. The third-order valence-electron chi connectivity index (χ3n) is 5.01. The maximum absolute atomic E-state index is 12.0. The number of carbonyl (C=O) groups is 4. The lowest BCUT2D eigenvalue weighted by Gasteiger charge is -2.44. The van der Waals surface area contributed by atoms with E-state index < -0.39 is 63.0 Å². The molecule has 222 valence electrons. The molecule has 6 atom stereocenters. The van der Waals surface area contributed by atoms with Gasteiger partial charge < -0.3 is 28.8 Å². The van der Waals surface area contributed by atoms with Gasteiger partial charge in [-0.2, -0.15) is 5.26 Å². The topological polar surface area (TPSA) is 184 Å². The molecule has 15 nitrogen and oxygen atoms in total. The smallest absolute Gasteiger partial charge is 0.303 e. The Kier molecular flexibility index (Phi) is 15.3. The van der Waals surface area contributed by atoms with Crippen molar-refractivity contribution in [1.29, 1.82) is 5.26 Å². The van der Waals surface area contributed by atoms with Crippen molar-refractivity contribution in [3.05, 3.63) is 0 Å². The fraction of sp³-hybridized carbons (Fsp3) is 0.783. The molecule has 16 heteroatoms. The number of hydrogen-bond donors (Lipinski definition) is 2. The fourth-order valence-corrected chi connectivity index (χ4v) is 5.16. The number of esters is 3. The lowest BCUT2D eigenvalue weighted by molar-refractivity contribution is -0.316. The summed E-state index contributed by atoms with van der Waals surface area (Å²) in [7, 11) is -1.77. The maximum Gasteiger partial charge on any atom is 0.303 e. The van der Waals surface area contributed by atoms with Crippen LogP contribution in [0.3, 0.4) is 0 Å². The van der Waals surface area contributed by atoms with Gasteiger partial charge in [0.1, 0.15) is 18.8 Å². The molecule has 0 aromatic heterocycles. The molecule has 0 bridgehead atoms. The number of nitriles is 1. The molecule has 2 N–H and O–H groups in total. The van der Waals surface area contributed by atoms with Crippen molar-refractivity contribution in [2.75, 3.05) is 13.2 Å². The van der Waals surface area contributed by atoms with Gasteiger partial charge in [0.05, 0.1) is 19.1 Å². The minimum atomic E-state index is -1.77. The van der Waals surface area contributed by atoms with Crippen LogP contribution in [0.25, 0.3) is 0 Å². The minimum absolute atomic E-state index is 0.00370. The molecule has 0 radical (unpaired) electrons. The third-order valence-corrected chi connectivity index (χ3v) is 6.95. The highest BCUT2D eigenvalue weighted by atomic mass is 31.2. The van der Waals surface area contributed by atoms with Crippen LogP contribution in [-0.4, -0.2) is 84.4 Å². The van der Waals surface area contributed by atoms with Gasteiger partial charge in [0.15, 0.2) is 12.2 Å². The van der Waals surface area contributed by atoms with Gasteiger partial charge in [0.2, 0.25) is 12.2 Å². The number of nitrogens with one attached hydrogen (secondary N) is 2. The van der Waals surface area contributed by atoms with Crippen molar-refractivity contribution in [2.45, 2.75) is 105 Å². The number of hydrogen-bond acceptors (Lipinski definition) is 14. The Morgan fingerprint density at radius 1 is 0.974 bits per heavy atom. The number of amides is 1. The minimum Gasteiger partial charge on any atom is -0.463 e. The Hall–Kier alpha value is -2.44. The van der Waals surface area contributed by atoms with Crippen LogP contribution in [0, 0.1) is 11.3 Å². The second-order valence-electron chi connectivity index (χ2n) is 9.06. The molecule has 0 aromatic rings. The molecule has 1 aliphatic heterocycles. The van der Waals surface area contributed by atoms with Crippen molar-refractivity contribution in [1.82, 2.24) is 15.6 Å². The van der Waals surface area contributed by atoms with Gasteiger partial charge >= 0.3 is 17.9 Å². The Morgan fingerprint density at radius 3 is 2.05 bits per heavy atom. The summed E-state index contributed by atoms with van der Waals surface area (Å²) in [5.74, 6) is -2.61. The van der Waals surface area contributed by atoms with E-state index in [1.54, 1.807) is 0 Å². The van der Waals surface area contributed by atoms with Crippen LogP contribution >= 0.6 is 8.53 Å². The van der Waals surface area contributed by atoms with Crippen LogP contribution in [0.5, 0.6) is 0 Å².